The molecule has 0 fully saturated rings. The van der Waals surface area contributed by atoms with E-state index in [1.165, 1.54) is 0 Å². The smallest absolute Gasteiger partial charge is 0.417 e. The van der Waals surface area contributed by atoms with E-state index in [4.69, 9.17) is 9.05 Å². The molecule has 0 aromatic heterocycles. The largest absolute Gasteiger partial charge is 0.440 e. The van der Waals surface area contributed by atoms with Crippen LogP contribution < -0.4 is 4.52 Å². The highest BCUT2D eigenvalue weighted by molar-refractivity contribution is 8.72. The van der Waals surface area contributed by atoms with Crippen LogP contribution in [-0.4, -0.2) is 20.8 Å². The predicted molar refractivity (Wildman–Crippen MR) is 109 cm³/mol. The molecule has 0 saturated carbocycles. The Morgan fingerprint density at radius 2 is 1.65 bits per heavy atom. The minimum Gasteiger partial charge on any atom is -0.417 e. The molecular formula is C17H21O5PS3. The summed E-state index contributed by atoms with van der Waals surface area (Å²) in [5, 5.41) is 0. The number of hydrogen-bond donors (Lipinski definition) is 0. The third-order valence-electron chi connectivity index (χ3n) is 3.02. The van der Waals surface area contributed by atoms with E-state index < -0.39 is 15.7 Å². The second-order valence-corrected chi connectivity index (χ2v) is 13.1. The van der Waals surface area contributed by atoms with Crippen LogP contribution in [0.3, 0.4) is 0 Å². The average molecular weight is 433 g/mol. The van der Waals surface area contributed by atoms with Gasteiger partial charge in [0.2, 0.25) is 8.87 Å². The third kappa shape index (κ3) is 6.35. The Hall–Kier alpha value is -0.920. The SMILES string of the molecule is CCCSP(=O)(OCC)Oc1ccc(SS(=O)(=O)c2ccccc2)cc1. The van der Waals surface area contributed by atoms with Crippen LogP contribution in [-0.2, 0) is 18.0 Å². The molecule has 0 aliphatic carbocycles. The minimum atomic E-state index is -3.49. The molecule has 0 N–H and O–H groups in total. The summed E-state index contributed by atoms with van der Waals surface area (Å²) in [6, 6.07) is 14.7. The molecule has 26 heavy (non-hydrogen) atoms. The first-order valence-corrected chi connectivity index (χ1v) is 14.0. The van der Waals surface area contributed by atoms with Gasteiger partial charge in [0.05, 0.1) is 11.5 Å². The van der Waals surface area contributed by atoms with E-state index in [0.717, 1.165) is 28.6 Å². The van der Waals surface area contributed by atoms with Crippen LogP contribution in [0, 0.1) is 0 Å². The van der Waals surface area contributed by atoms with Gasteiger partial charge in [-0.2, -0.15) is 0 Å². The fourth-order valence-electron chi connectivity index (χ4n) is 1.90. The van der Waals surface area contributed by atoms with Gasteiger partial charge in [-0.15, -0.1) is 0 Å². The van der Waals surface area contributed by atoms with E-state index in [9.17, 15) is 13.0 Å². The maximum absolute atomic E-state index is 12.7. The van der Waals surface area contributed by atoms with Crippen LogP contribution in [0.1, 0.15) is 20.3 Å². The molecule has 1 unspecified atom stereocenters. The molecule has 0 radical (unpaired) electrons. The molecule has 2 rings (SSSR count). The molecule has 2 aromatic rings. The summed E-state index contributed by atoms with van der Waals surface area (Å²) in [6.45, 7) is 0.768. The standard InChI is InChI=1S/C17H21O5PS3/c1-3-14-24-23(18,21-4-2)22-15-10-12-16(13-11-15)25-26(19,20)17-8-6-5-7-9-17/h5-13H,3-4,14H2,1-2H3. The van der Waals surface area contributed by atoms with Gasteiger partial charge in [-0.05, 0) is 61.1 Å². The van der Waals surface area contributed by atoms with E-state index in [1.807, 2.05) is 6.92 Å². The van der Waals surface area contributed by atoms with Gasteiger partial charge >= 0.3 is 6.80 Å². The van der Waals surface area contributed by atoms with Gasteiger partial charge in [-0.1, -0.05) is 25.1 Å². The molecule has 5 nitrogen and oxygen atoms in total. The Kier molecular flexibility index (Phi) is 8.10. The van der Waals surface area contributed by atoms with Crippen molar-refractivity contribution < 1.29 is 22.0 Å². The van der Waals surface area contributed by atoms with Crippen molar-refractivity contribution in [3.8, 4) is 5.75 Å². The van der Waals surface area contributed by atoms with Gasteiger partial charge in [-0.3, -0.25) is 4.52 Å². The summed E-state index contributed by atoms with van der Waals surface area (Å²) in [7, 11) is -2.73. The Morgan fingerprint density at radius 1 is 1.00 bits per heavy atom. The first-order valence-electron chi connectivity index (χ1n) is 8.07. The van der Waals surface area contributed by atoms with Crippen molar-refractivity contribution in [2.24, 2.45) is 0 Å². The molecule has 2 aromatic carbocycles. The molecule has 142 valence electrons. The zero-order valence-electron chi connectivity index (χ0n) is 14.5. The number of rotatable bonds is 10. The quantitative estimate of drug-likeness (QED) is 0.345. The van der Waals surface area contributed by atoms with E-state index >= 15 is 0 Å². The summed E-state index contributed by atoms with van der Waals surface area (Å²) in [5.74, 6) is 1.05. The molecule has 0 bridgehead atoms. The van der Waals surface area contributed by atoms with E-state index in [0.29, 0.717) is 16.4 Å². The highest BCUT2D eigenvalue weighted by Gasteiger charge is 2.26. The fourth-order valence-corrected chi connectivity index (χ4v) is 8.16. The van der Waals surface area contributed by atoms with Crippen LogP contribution in [0.25, 0.3) is 0 Å². The Balaban J connectivity index is 2.09. The Morgan fingerprint density at radius 3 is 2.23 bits per heavy atom. The van der Waals surface area contributed by atoms with Crippen molar-refractivity contribution in [3.05, 3.63) is 54.6 Å². The van der Waals surface area contributed by atoms with E-state index in [-0.39, 0.29) is 11.5 Å². The number of benzene rings is 2. The van der Waals surface area contributed by atoms with Gasteiger partial charge in [0.25, 0.3) is 0 Å². The summed E-state index contributed by atoms with van der Waals surface area (Å²) in [4.78, 5) is 0.802. The predicted octanol–water partition coefficient (Wildman–Crippen LogP) is 5.83. The molecule has 0 aliphatic rings. The van der Waals surface area contributed by atoms with Gasteiger partial charge < -0.3 is 4.52 Å². The van der Waals surface area contributed by atoms with Crippen molar-refractivity contribution in [2.75, 3.05) is 12.4 Å². The Labute approximate surface area is 162 Å². The second-order valence-electron chi connectivity index (χ2n) is 5.11. The molecule has 1 atom stereocenters. The van der Waals surface area contributed by atoms with Crippen molar-refractivity contribution in [1.82, 2.24) is 0 Å². The van der Waals surface area contributed by atoms with Crippen molar-refractivity contribution in [2.45, 2.75) is 30.1 Å². The van der Waals surface area contributed by atoms with Crippen LogP contribution in [0.15, 0.2) is 64.4 Å². The number of hydrogen-bond acceptors (Lipinski definition) is 7. The monoisotopic (exact) mass is 432 g/mol. The topological polar surface area (TPSA) is 69.7 Å². The van der Waals surface area contributed by atoms with Gasteiger partial charge in [0.1, 0.15) is 5.75 Å². The first-order chi connectivity index (χ1) is 12.4. The second kappa shape index (κ2) is 9.85. The summed E-state index contributed by atoms with van der Waals surface area (Å²) in [5.41, 5.74) is 0. The zero-order chi connectivity index (χ0) is 19.0. The van der Waals surface area contributed by atoms with Crippen LogP contribution >= 0.6 is 29.0 Å². The van der Waals surface area contributed by atoms with Crippen molar-refractivity contribution >= 4 is 37.8 Å². The fraction of sp³-hybridized carbons (Fsp3) is 0.294. The summed E-state index contributed by atoms with van der Waals surface area (Å²) < 4.78 is 48.3. The van der Waals surface area contributed by atoms with Crippen LogP contribution in [0.2, 0.25) is 0 Å². The van der Waals surface area contributed by atoms with E-state index in [2.05, 4.69) is 0 Å². The summed E-state index contributed by atoms with van der Waals surface area (Å²) >= 11 is 1.16. The van der Waals surface area contributed by atoms with Gasteiger partial charge in [-0.25, -0.2) is 13.0 Å². The lowest BCUT2D eigenvalue weighted by molar-refractivity contribution is 0.296. The highest BCUT2D eigenvalue weighted by atomic mass is 33.1. The summed E-state index contributed by atoms with van der Waals surface area (Å²) in [6.07, 6.45) is 0.859. The zero-order valence-corrected chi connectivity index (χ0v) is 17.9. The molecule has 0 amide bonds. The molecule has 0 heterocycles. The lowest BCUT2D eigenvalue weighted by atomic mass is 10.3. The Bertz CT molecular complexity index is 838. The lowest BCUT2D eigenvalue weighted by Crippen LogP contribution is -1.97. The van der Waals surface area contributed by atoms with Crippen molar-refractivity contribution in [1.29, 1.82) is 0 Å². The van der Waals surface area contributed by atoms with Crippen LogP contribution in [0.5, 0.6) is 5.75 Å². The maximum Gasteiger partial charge on any atom is 0.440 e. The molecular weight excluding hydrogens is 411 g/mol. The van der Waals surface area contributed by atoms with Gasteiger partial charge in [0, 0.05) is 21.4 Å². The highest BCUT2D eigenvalue weighted by Crippen LogP contribution is 2.60. The normalized spacial score (nSPS) is 13.9. The minimum absolute atomic E-state index is 0.252. The van der Waals surface area contributed by atoms with Crippen molar-refractivity contribution in [3.63, 3.8) is 0 Å². The molecule has 0 aliphatic heterocycles. The van der Waals surface area contributed by atoms with Crippen LogP contribution in [0.4, 0.5) is 0 Å². The average Bonchev–Trinajstić information content (AvgIpc) is 2.62. The maximum atomic E-state index is 12.7. The lowest BCUT2D eigenvalue weighted by Gasteiger charge is -2.17. The first kappa shape index (κ1) is 21.4. The van der Waals surface area contributed by atoms with E-state index in [1.54, 1.807) is 61.5 Å². The molecule has 9 heteroatoms. The molecule has 0 saturated heterocycles. The third-order valence-corrected chi connectivity index (χ3v) is 10.3. The molecule has 0 spiro atoms. The van der Waals surface area contributed by atoms with Gasteiger partial charge in [0.15, 0.2) is 0 Å².